The van der Waals surface area contributed by atoms with E-state index in [9.17, 15) is 0 Å². The van der Waals surface area contributed by atoms with Crippen LogP contribution in [-0.2, 0) is 5.41 Å². The van der Waals surface area contributed by atoms with Gasteiger partial charge in [-0.25, -0.2) is 15.0 Å². The van der Waals surface area contributed by atoms with E-state index < -0.39 is 0 Å². The fourth-order valence-electron chi connectivity index (χ4n) is 6.51. The highest BCUT2D eigenvalue weighted by atomic mass is 15.0. The Kier molecular flexibility index (Phi) is 6.46. The zero-order chi connectivity index (χ0) is 30.4. The van der Waals surface area contributed by atoms with E-state index in [0.29, 0.717) is 17.5 Å². The fraction of sp³-hybridized carbons (Fsp3) is 0.0714. The maximum absolute atomic E-state index is 5.00. The molecule has 0 unspecified atom stereocenters. The van der Waals surface area contributed by atoms with E-state index in [2.05, 4.69) is 129 Å². The second kappa shape index (κ2) is 10.8. The Morgan fingerprint density at radius 1 is 0.333 bits per heavy atom. The van der Waals surface area contributed by atoms with Gasteiger partial charge >= 0.3 is 0 Å². The Bertz CT molecular complexity index is 2170. The van der Waals surface area contributed by atoms with E-state index >= 15 is 0 Å². The van der Waals surface area contributed by atoms with Gasteiger partial charge in [-0.05, 0) is 56.6 Å². The van der Waals surface area contributed by atoms with Crippen molar-refractivity contribution < 1.29 is 0 Å². The normalized spacial score (nSPS) is 12.8. The Morgan fingerprint density at radius 2 is 0.778 bits per heavy atom. The molecular weight excluding hydrogens is 546 g/mol. The average Bonchev–Trinajstić information content (AvgIpc) is 3.34. The number of hydrogen-bond acceptors (Lipinski definition) is 3. The number of benzene rings is 6. The smallest absolute Gasteiger partial charge is 0.164 e. The molecule has 7 aromatic rings. The number of hydrogen-bond donors (Lipinski definition) is 0. The Labute approximate surface area is 264 Å². The Balaban J connectivity index is 1.18. The third kappa shape index (κ3) is 4.83. The lowest BCUT2D eigenvalue weighted by atomic mass is 9.81. The van der Waals surface area contributed by atoms with Gasteiger partial charge < -0.3 is 0 Å². The lowest BCUT2D eigenvalue weighted by Crippen LogP contribution is -2.14. The summed E-state index contributed by atoms with van der Waals surface area (Å²) in [5.74, 6) is 1.97. The third-order valence-electron chi connectivity index (χ3n) is 8.96. The van der Waals surface area contributed by atoms with Crippen LogP contribution in [0.4, 0.5) is 0 Å². The highest BCUT2D eigenvalue weighted by molar-refractivity contribution is 5.84. The molecular formula is C42H31N3. The topological polar surface area (TPSA) is 38.7 Å². The first-order chi connectivity index (χ1) is 22.0. The molecule has 0 aliphatic heterocycles. The lowest BCUT2D eigenvalue weighted by molar-refractivity contribution is 0.660. The summed E-state index contributed by atoms with van der Waals surface area (Å²) in [7, 11) is 0. The van der Waals surface area contributed by atoms with Gasteiger partial charge in [-0.15, -0.1) is 0 Å². The zero-order valence-electron chi connectivity index (χ0n) is 25.3. The monoisotopic (exact) mass is 577 g/mol. The van der Waals surface area contributed by atoms with Crippen LogP contribution < -0.4 is 0 Å². The van der Waals surface area contributed by atoms with Crippen LogP contribution in [-0.4, -0.2) is 15.0 Å². The Hall–Kier alpha value is -5.67. The molecule has 3 nitrogen and oxygen atoms in total. The molecule has 0 atom stereocenters. The Morgan fingerprint density at radius 3 is 1.49 bits per heavy atom. The molecule has 0 bridgehead atoms. The predicted molar refractivity (Wildman–Crippen MR) is 185 cm³/mol. The van der Waals surface area contributed by atoms with E-state index in [1.54, 1.807) is 0 Å². The van der Waals surface area contributed by atoms with Gasteiger partial charge in [-0.1, -0.05) is 153 Å². The summed E-state index contributed by atoms with van der Waals surface area (Å²) in [5, 5.41) is 0. The van der Waals surface area contributed by atoms with Gasteiger partial charge in [0.25, 0.3) is 0 Å². The highest BCUT2D eigenvalue weighted by Gasteiger charge is 2.35. The minimum absolute atomic E-state index is 0.0329. The molecule has 6 aromatic carbocycles. The van der Waals surface area contributed by atoms with Gasteiger partial charge in [0.1, 0.15) is 0 Å². The molecule has 8 rings (SSSR count). The third-order valence-corrected chi connectivity index (χ3v) is 8.96. The maximum atomic E-state index is 5.00. The van der Waals surface area contributed by atoms with Gasteiger partial charge in [0, 0.05) is 22.1 Å². The van der Waals surface area contributed by atoms with Crippen molar-refractivity contribution in [3.8, 4) is 67.5 Å². The van der Waals surface area contributed by atoms with Crippen LogP contribution in [0.1, 0.15) is 25.0 Å². The molecule has 0 fully saturated rings. The van der Waals surface area contributed by atoms with Gasteiger partial charge in [-0.2, -0.15) is 0 Å². The number of rotatable bonds is 5. The summed E-state index contributed by atoms with van der Waals surface area (Å²) in [5.41, 5.74) is 12.9. The molecule has 0 spiro atoms. The minimum Gasteiger partial charge on any atom is -0.208 e. The van der Waals surface area contributed by atoms with Crippen molar-refractivity contribution in [1.82, 2.24) is 15.0 Å². The van der Waals surface area contributed by atoms with Crippen LogP contribution in [0.5, 0.6) is 0 Å². The van der Waals surface area contributed by atoms with Gasteiger partial charge in [0.15, 0.2) is 17.5 Å². The largest absolute Gasteiger partial charge is 0.208 e. The number of fused-ring (bicyclic) bond motifs is 3. The van der Waals surface area contributed by atoms with Crippen molar-refractivity contribution >= 4 is 0 Å². The standard InChI is InChI=1S/C42H31N3/c1-42(2)37-19-10-9-18-35(37)36-25-24-33(27-38(36)42)29-20-22-31(23-21-29)40-43-39(30-14-7-4-8-15-30)44-41(45-40)34-17-11-16-32(26-34)28-12-5-3-6-13-28/h3-27H,1-2H3. The maximum Gasteiger partial charge on any atom is 0.164 e. The summed E-state index contributed by atoms with van der Waals surface area (Å²) in [4.78, 5) is 14.9. The van der Waals surface area contributed by atoms with Crippen molar-refractivity contribution in [2.24, 2.45) is 0 Å². The van der Waals surface area contributed by atoms with E-state index in [4.69, 9.17) is 15.0 Å². The summed E-state index contributed by atoms with van der Waals surface area (Å²) in [6.45, 7) is 4.64. The van der Waals surface area contributed by atoms with Crippen molar-refractivity contribution in [1.29, 1.82) is 0 Å². The first kappa shape index (κ1) is 26.9. The van der Waals surface area contributed by atoms with Crippen LogP contribution in [0.2, 0.25) is 0 Å². The van der Waals surface area contributed by atoms with E-state index in [0.717, 1.165) is 27.8 Å². The van der Waals surface area contributed by atoms with Crippen LogP contribution in [0.3, 0.4) is 0 Å². The molecule has 0 saturated heterocycles. The fourth-order valence-corrected chi connectivity index (χ4v) is 6.51. The van der Waals surface area contributed by atoms with Gasteiger partial charge in [-0.3, -0.25) is 0 Å². The molecule has 3 heteroatoms. The first-order valence-corrected chi connectivity index (χ1v) is 15.4. The second-order valence-electron chi connectivity index (χ2n) is 12.1. The van der Waals surface area contributed by atoms with Crippen LogP contribution in [0.25, 0.3) is 67.5 Å². The molecule has 1 aromatic heterocycles. The number of nitrogens with zero attached hydrogens (tertiary/aromatic N) is 3. The molecule has 45 heavy (non-hydrogen) atoms. The molecule has 1 heterocycles. The average molecular weight is 578 g/mol. The van der Waals surface area contributed by atoms with E-state index in [1.165, 1.54) is 33.4 Å². The first-order valence-electron chi connectivity index (χ1n) is 15.4. The molecule has 214 valence electrons. The van der Waals surface area contributed by atoms with Crippen LogP contribution in [0.15, 0.2) is 152 Å². The second-order valence-corrected chi connectivity index (χ2v) is 12.1. The highest BCUT2D eigenvalue weighted by Crippen LogP contribution is 2.49. The van der Waals surface area contributed by atoms with Crippen molar-refractivity contribution in [3.05, 3.63) is 163 Å². The summed E-state index contributed by atoms with van der Waals surface area (Å²) in [6.07, 6.45) is 0. The quantitative estimate of drug-likeness (QED) is 0.204. The predicted octanol–water partition coefficient (Wildman–Crippen LogP) is 10.5. The molecule has 0 N–H and O–H groups in total. The lowest BCUT2D eigenvalue weighted by Gasteiger charge is -2.22. The van der Waals surface area contributed by atoms with E-state index in [1.807, 2.05) is 36.4 Å². The van der Waals surface area contributed by atoms with Crippen molar-refractivity contribution in [2.75, 3.05) is 0 Å². The van der Waals surface area contributed by atoms with Crippen molar-refractivity contribution in [2.45, 2.75) is 19.3 Å². The summed E-state index contributed by atoms with van der Waals surface area (Å²) in [6, 6.07) is 53.2. The SMILES string of the molecule is CC1(C)c2ccccc2-c2ccc(-c3ccc(-c4nc(-c5ccccc5)nc(-c5cccc(-c6ccccc6)c5)n4)cc3)cc21. The number of aromatic nitrogens is 3. The molecule has 1 aliphatic carbocycles. The van der Waals surface area contributed by atoms with Crippen molar-refractivity contribution in [3.63, 3.8) is 0 Å². The summed E-state index contributed by atoms with van der Waals surface area (Å²) >= 11 is 0. The van der Waals surface area contributed by atoms with Gasteiger partial charge in [0.2, 0.25) is 0 Å². The molecule has 0 saturated carbocycles. The van der Waals surface area contributed by atoms with E-state index in [-0.39, 0.29) is 5.41 Å². The molecule has 0 radical (unpaired) electrons. The van der Waals surface area contributed by atoms with Crippen LogP contribution in [0, 0.1) is 0 Å². The van der Waals surface area contributed by atoms with Crippen LogP contribution >= 0.6 is 0 Å². The zero-order valence-corrected chi connectivity index (χ0v) is 25.3. The molecule has 0 amide bonds. The molecule has 1 aliphatic rings. The summed E-state index contributed by atoms with van der Waals surface area (Å²) < 4.78 is 0. The minimum atomic E-state index is -0.0329. The van der Waals surface area contributed by atoms with Gasteiger partial charge in [0.05, 0.1) is 0 Å².